The number of carbonyl (C=O) groups excluding carboxylic acids is 4. The predicted molar refractivity (Wildman–Crippen MR) is 87.7 cm³/mol. The molecular weight excluding hydrogens is 328 g/mol. The number of benzene rings is 1. The molecule has 1 rings (SSSR count). The molecule has 0 aliphatic carbocycles. The van der Waals surface area contributed by atoms with Crippen LogP contribution in [0.1, 0.15) is 31.1 Å². The third kappa shape index (κ3) is 7.92. The SMILES string of the molecule is CC(=O)OC[C@H](OC(C)=O)[C@H](/C=C/C(=O)c1ccccc1)OC(C)=O. The Bertz CT molecular complexity index is 649. The molecule has 0 aromatic heterocycles. The van der Waals surface area contributed by atoms with Crippen LogP contribution < -0.4 is 0 Å². The van der Waals surface area contributed by atoms with Crippen molar-refractivity contribution in [3.05, 3.63) is 48.0 Å². The first-order chi connectivity index (χ1) is 11.8. The van der Waals surface area contributed by atoms with E-state index in [-0.39, 0.29) is 12.4 Å². The molecule has 0 fully saturated rings. The number of ether oxygens (including phenoxy) is 3. The molecule has 0 aliphatic rings. The first kappa shape index (κ1) is 20.1. The van der Waals surface area contributed by atoms with Gasteiger partial charge in [0.05, 0.1) is 0 Å². The molecular formula is C18H20O7. The lowest BCUT2D eigenvalue weighted by atomic mass is 10.1. The Kier molecular flexibility index (Phi) is 8.05. The summed E-state index contributed by atoms with van der Waals surface area (Å²) in [4.78, 5) is 45.7. The number of carbonyl (C=O) groups is 4. The third-order valence-corrected chi connectivity index (χ3v) is 2.93. The molecule has 1 aromatic rings. The molecule has 7 heteroatoms. The minimum Gasteiger partial charge on any atom is -0.462 e. The Balaban J connectivity index is 2.96. The van der Waals surface area contributed by atoms with Crippen LogP contribution in [0.2, 0.25) is 0 Å². The molecule has 0 spiro atoms. The van der Waals surface area contributed by atoms with Crippen LogP contribution >= 0.6 is 0 Å². The van der Waals surface area contributed by atoms with Crippen molar-refractivity contribution < 1.29 is 33.4 Å². The predicted octanol–water partition coefficient (Wildman–Crippen LogP) is 1.85. The first-order valence-corrected chi connectivity index (χ1v) is 7.55. The van der Waals surface area contributed by atoms with Crippen molar-refractivity contribution in [3.8, 4) is 0 Å². The Hall–Kier alpha value is -2.96. The van der Waals surface area contributed by atoms with Gasteiger partial charge >= 0.3 is 17.9 Å². The van der Waals surface area contributed by atoms with Crippen molar-refractivity contribution in [1.29, 1.82) is 0 Å². The van der Waals surface area contributed by atoms with Crippen LogP contribution in [0.3, 0.4) is 0 Å². The molecule has 0 radical (unpaired) electrons. The molecule has 2 atom stereocenters. The maximum Gasteiger partial charge on any atom is 0.303 e. The van der Waals surface area contributed by atoms with E-state index < -0.39 is 30.1 Å². The fraction of sp³-hybridized carbons (Fsp3) is 0.333. The third-order valence-electron chi connectivity index (χ3n) is 2.93. The average molecular weight is 348 g/mol. The molecule has 7 nitrogen and oxygen atoms in total. The molecule has 0 N–H and O–H groups in total. The summed E-state index contributed by atoms with van der Waals surface area (Å²) in [5.74, 6) is -2.17. The molecule has 0 bridgehead atoms. The van der Waals surface area contributed by atoms with E-state index in [1.807, 2.05) is 0 Å². The van der Waals surface area contributed by atoms with Crippen molar-refractivity contribution in [1.82, 2.24) is 0 Å². The lowest BCUT2D eigenvalue weighted by Gasteiger charge is -2.23. The highest BCUT2D eigenvalue weighted by atomic mass is 16.6. The topological polar surface area (TPSA) is 96.0 Å². The van der Waals surface area contributed by atoms with Gasteiger partial charge in [-0.3, -0.25) is 19.2 Å². The van der Waals surface area contributed by atoms with Gasteiger partial charge in [-0.05, 0) is 12.2 Å². The van der Waals surface area contributed by atoms with Crippen LogP contribution in [0.25, 0.3) is 0 Å². The van der Waals surface area contributed by atoms with Crippen molar-refractivity contribution in [2.24, 2.45) is 0 Å². The van der Waals surface area contributed by atoms with E-state index in [9.17, 15) is 19.2 Å². The number of ketones is 1. The normalized spacial score (nSPS) is 12.9. The van der Waals surface area contributed by atoms with Gasteiger partial charge < -0.3 is 14.2 Å². The zero-order valence-electron chi connectivity index (χ0n) is 14.3. The van der Waals surface area contributed by atoms with Gasteiger partial charge in [-0.2, -0.15) is 0 Å². The molecule has 134 valence electrons. The molecule has 0 heterocycles. The fourth-order valence-corrected chi connectivity index (χ4v) is 1.92. The van der Waals surface area contributed by atoms with Gasteiger partial charge in [0.2, 0.25) is 0 Å². The van der Waals surface area contributed by atoms with E-state index in [2.05, 4.69) is 0 Å². The Morgan fingerprint density at radius 1 is 0.920 bits per heavy atom. The van der Waals surface area contributed by atoms with E-state index in [0.29, 0.717) is 5.56 Å². The highest BCUT2D eigenvalue weighted by Crippen LogP contribution is 2.10. The average Bonchev–Trinajstić information content (AvgIpc) is 2.55. The van der Waals surface area contributed by atoms with E-state index in [1.165, 1.54) is 32.9 Å². The van der Waals surface area contributed by atoms with Crippen LogP contribution in [0.5, 0.6) is 0 Å². The van der Waals surface area contributed by atoms with Crippen LogP contribution in [-0.2, 0) is 28.6 Å². The molecule has 0 saturated heterocycles. The maximum absolute atomic E-state index is 12.1. The number of hydrogen-bond donors (Lipinski definition) is 0. The zero-order valence-corrected chi connectivity index (χ0v) is 14.3. The summed E-state index contributed by atoms with van der Waals surface area (Å²) in [5.41, 5.74) is 0.448. The highest BCUT2D eigenvalue weighted by molar-refractivity contribution is 6.04. The smallest absolute Gasteiger partial charge is 0.303 e. The fourth-order valence-electron chi connectivity index (χ4n) is 1.92. The second-order valence-electron chi connectivity index (χ2n) is 5.11. The lowest BCUT2D eigenvalue weighted by Crippen LogP contribution is -2.37. The zero-order chi connectivity index (χ0) is 18.8. The summed E-state index contributed by atoms with van der Waals surface area (Å²) in [6, 6.07) is 8.48. The van der Waals surface area contributed by atoms with Crippen LogP contribution in [0.4, 0.5) is 0 Å². The van der Waals surface area contributed by atoms with Gasteiger partial charge in [0.1, 0.15) is 6.61 Å². The molecule has 0 aliphatic heterocycles. The van der Waals surface area contributed by atoms with E-state index in [1.54, 1.807) is 30.3 Å². The van der Waals surface area contributed by atoms with Crippen molar-refractivity contribution in [2.45, 2.75) is 33.0 Å². The number of esters is 3. The Morgan fingerprint density at radius 3 is 2.04 bits per heavy atom. The summed E-state index contributed by atoms with van der Waals surface area (Å²) in [7, 11) is 0. The maximum atomic E-state index is 12.1. The second-order valence-corrected chi connectivity index (χ2v) is 5.11. The molecule has 0 saturated carbocycles. The van der Waals surface area contributed by atoms with Gasteiger partial charge in [0.15, 0.2) is 18.0 Å². The highest BCUT2D eigenvalue weighted by Gasteiger charge is 2.26. The van der Waals surface area contributed by atoms with Gasteiger partial charge in [-0.15, -0.1) is 0 Å². The molecule has 1 aromatic carbocycles. The Labute approximate surface area is 145 Å². The molecule has 0 unspecified atom stereocenters. The van der Waals surface area contributed by atoms with Crippen LogP contribution in [0, 0.1) is 0 Å². The van der Waals surface area contributed by atoms with Crippen molar-refractivity contribution in [2.75, 3.05) is 6.61 Å². The van der Waals surface area contributed by atoms with Crippen molar-refractivity contribution in [3.63, 3.8) is 0 Å². The second kappa shape index (κ2) is 10.0. The summed E-state index contributed by atoms with van der Waals surface area (Å²) < 4.78 is 15.0. The minimum atomic E-state index is -1.08. The largest absolute Gasteiger partial charge is 0.462 e. The number of rotatable bonds is 8. The minimum absolute atomic E-state index is 0.309. The summed E-state index contributed by atoms with van der Waals surface area (Å²) in [5, 5.41) is 0. The Morgan fingerprint density at radius 2 is 1.52 bits per heavy atom. The van der Waals surface area contributed by atoms with Gasteiger partial charge in [-0.1, -0.05) is 30.3 Å². The van der Waals surface area contributed by atoms with Crippen LogP contribution in [0.15, 0.2) is 42.5 Å². The molecule has 25 heavy (non-hydrogen) atoms. The first-order valence-electron chi connectivity index (χ1n) is 7.55. The lowest BCUT2D eigenvalue weighted by molar-refractivity contribution is -0.169. The van der Waals surface area contributed by atoms with Crippen molar-refractivity contribution >= 4 is 23.7 Å². The van der Waals surface area contributed by atoms with E-state index in [0.717, 1.165) is 0 Å². The van der Waals surface area contributed by atoms with Crippen LogP contribution in [-0.4, -0.2) is 42.5 Å². The molecule has 0 amide bonds. The van der Waals surface area contributed by atoms with Gasteiger partial charge in [-0.25, -0.2) is 0 Å². The van der Waals surface area contributed by atoms with Gasteiger partial charge in [0.25, 0.3) is 0 Å². The number of allylic oxidation sites excluding steroid dienone is 1. The standard InChI is InChI=1S/C18H20O7/c1-12(19)23-11-18(25-14(3)21)17(24-13(2)20)10-9-16(22)15-7-5-4-6-8-15/h4-10,17-18H,11H2,1-3H3/b10-9+/t17-,18-/m0/s1. The quantitative estimate of drug-likeness (QED) is 0.306. The summed E-state index contributed by atoms with van der Waals surface area (Å²) in [6.45, 7) is 3.23. The van der Waals surface area contributed by atoms with Gasteiger partial charge in [0, 0.05) is 26.3 Å². The summed E-state index contributed by atoms with van der Waals surface area (Å²) >= 11 is 0. The van der Waals surface area contributed by atoms with E-state index in [4.69, 9.17) is 14.2 Å². The van der Waals surface area contributed by atoms with E-state index >= 15 is 0 Å². The summed E-state index contributed by atoms with van der Waals surface area (Å²) in [6.07, 6.45) is 0.375. The monoisotopic (exact) mass is 348 g/mol. The number of hydrogen-bond acceptors (Lipinski definition) is 7.